The van der Waals surface area contributed by atoms with Crippen LogP contribution in [0.25, 0.3) is 25.7 Å². The van der Waals surface area contributed by atoms with Crippen LogP contribution in [0.3, 0.4) is 0 Å². The van der Waals surface area contributed by atoms with Crippen LogP contribution in [0.1, 0.15) is 17.8 Å². The quantitative estimate of drug-likeness (QED) is 0.212. The zero-order valence-electron chi connectivity index (χ0n) is 18.9. The molecule has 0 saturated heterocycles. The number of aryl methyl sites for hydroxylation is 1. The number of para-hydroxylation sites is 1. The van der Waals surface area contributed by atoms with Crippen LogP contribution in [0.4, 0.5) is 5.69 Å². The molecule has 5 rings (SSSR count). The fourth-order valence-electron chi connectivity index (χ4n) is 4.17. The van der Waals surface area contributed by atoms with Gasteiger partial charge in [0.1, 0.15) is 4.70 Å². The standard InChI is InChI=1S/C23H22N2O6S5/c26-35(27,28)13-5-11-24-17-8-2-4-10-19(17)32-20(24)15-21-25(12-6-14-36(29,30)31)23-22(34-21)16-7-1-3-9-18(16)33-23/h1-4,7-10,15H,5-6,11-14H2,(H-,26,27,28,29,30,31)/p+1. The van der Waals surface area contributed by atoms with E-state index in [0.717, 1.165) is 40.2 Å². The Morgan fingerprint density at radius 3 is 2.36 bits per heavy atom. The molecule has 0 aliphatic carbocycles. The minimum atomic E-state index is -4.06. The van der Waals surface area contributed by atoms with Gasteiger partial charge in [-0.1, -0.05) is 64.8 Å². The second-order valence-electron chi connectivity index (χ2n) is 8.31. The molecule has 1 aliphatic rings. The first-order valence-electron chi connectivity index (χ1n) is 11.1. The summed E-state index contributed by atoms with van der Waals surface area (Å²) in [4.78, 5) is 4.15. The van der Waals surface area contributed by atoms with Crippen LogP contribution in [0.5, 0.6) is 0 Å². The van der Waals surface area contributed by atoms with Crippen LogP contribution in [0.15, 0.2) is 58.5 Å². The van der Waals surface area contributed by atoms with Crippen LogP contribution in [0, 0.1) is 0 Å². The van der Waals surface area contributed by atoms with E-state index in [-0.39, 0.29) is 24.3 Å². The van der Waals surface area contributed by atoms with Gasteiger partial charge in [-0.2, -0.15) is 21.4 Å². The molecule has 2 aromatic heterocycles. The normalized spacial score (nSPS) is 15.4. The first-order valence-corrected chi connectivity index (χ1v) is 16.8. The Labute approximate surface area is 221 Å². The minimum absolute atomic E-state index is 0.267. The fraction of sp³-hybridized carbons (Fsp3) is 0.261. The summed E-state index contributed by atoms with van der Waals surface area (Å²) in [7, 11) is -8.11. The number of thioether (sulfide) groups is 1. The predicted octanol–water partition coefficient (Wildman–Crippen LogP) is 4.87. The average Bonchev–Trinajstić information content (AvgIpc) is 3.43. The first-order chi connectivity index (χ1) is 17.1. The van der Waals surface area contributed by atoms with E-state index in [9.17, 15) is 25.9 Å². The lowest BCUT2D eigenvalue weighted by molar-refractivity contribution is -0.666. The Hall–Kier alpha value is -2.00. The second kappa shape index (κ2) is 10.0. The maximum absolute atomic E-state index is 11.3. The molecule has 1 aliphatic heterocycles. The predicted molar refractivity (Wildman–Crippen MR) is 147 cm³/mol. The van der Waals surface area contributed by atoms with Gasteiger partial charge in [0.15, 0.2) is 6.54 Å². The number of thiophene rings is 1. The van der Waals surface area contributed by atoms with E-state index >= 15 is 0 Å². The van der Waals surface area contributed by atoms with Gasteiger partial charge < -0.3 is 4.90 Å². The number of hydrogen-bond acceptors (Lipinski definition) is 8. The molecular formula is C23H23N2O6S5+. The fourth-order valence-corrected chi connectivity index (χ4v) is 9.03. The summed E-state index contributed by atoms with van der Waals surface area (Å²) in [5, 5.41) is 3.00. The molecule has 8 nitrogen and oxygen atoms in total. The lowest BCUT2D eigenvalue weighted by atomic mass is 10.3. The van der Waals surface area contributed by atoms with Gasteiger partial charge in [0.25, 0.3) is 30.1 Å². The SMILES string of the molecule is O=S(=O)(O)CCCN1/C(=C/c2sc3c4ccccc4sc3[n+]2CCCS(=O)(=O)O)Sc2ccccc21. The van der Waals surface area contributed by atoms with E-state index in [1.54, 1.807) is 34.4 Å². The van der Waals surface area contributed by atoms with Gasteiger partial charge >= 0.3 is 0 Å². The van der Waals surface area contributed by atoms with Gasteiger partial charge in [-0.15, -0.1) is 0 Å². The molecule has 2 aromatic carbocycles. The van der Waals surface area contributed by atoms with E-state index in [4.69, 9.17) is 0 Å². The van der Waals surface area contributed by atoms with Gasteiger partial charge in [-0.05, 0) is 24.6 Å². The largest absolute Gasteiger partial charge is 0.335 e. The van der Waals surface area contributed by atoms with E-state index in [2.05, 4.69) is 27.7 Å². The van der Waals surface area contributed by atoms with Crippen molar-refractivity contribution in [2.24, 2.45) is 0 Å². The lowest BCUT2D eigenvalue weighted by Gasteiger charge is -2.19. The zero-order valence-corrected chi connectivity index (χ0v) is 23.0. The molecule has 0 saturated carbocycles. The Bertz CT molecular complexity index is 1690. The Balaban J connectivity index is 1.55. The number of anilines is 1. The van der Waals surface area contributed by atoms with Crippen LogP contribution in [-0.4, -0.2) is 44.0 Å². The molecule has 0 unspecified atom stereocenters. The Kier molecular flexibility index (Phi) is 7.15. The molecule has 4 aromatic rings. The zero-order chi connectivity index (χ0) is 25.5. The van der Waals surface area contributed by atoms with E-state index in [1.165, 1.54) is 0 Å². The van der Waals surface area contributed by atoms with Crippen molar-refractivity contribution < 1.29 is 30.5 Å². The van der Waals surface area contributed by atoms with Crippen molar-refractivity contribution in [2.75, 3.05) is 23.0 Å². The van der Waals surface area contributed by atoms with Crippen molar-refractivity contribution in [3.63, 3.8) is 0 Å². The third kappa shape index (κ3) is 5.62. The number of fused-ring (bicyclic) bond motifs is 4. The molecule has 36 heavy (non-hydrogen) atoms. The van der Waals surface area contributed by atoms with E-state index in [1.807, 2.05) is 36.4 Å². The monoisotopic (exact) mass is 583 g/mol. The number of hydrogen-bond donors (Lipinski definition) is 2. The molecule has 0 bridgehead atoms. The summed E-state index contributed by atoms with van der Waals surface area (Å²) in [5.74, 6) is -0.639. The van der Waals surface area contributed by atoms with Gasteiger partial charge in [-0.3, -0.25) is 9.11 Å². The minimum Gasteiger partial charge on any atom is -0.335 e. The van der Waals surface area contributed by atoms with Crippen LogP contribution in [-0.2, 0) is 26.8 Å². The molecule has 13 heteroatoms. The molecule has 0 radical (unpaired) electrons. The number of thiazole rings is 1. The second-order valence-corrected chi connectivity index (χ2v) is 14.6. The lowest BCUT2D eigenvalue weighted by Crippen LogP contribution is -2.35. The number of benzene rings is 2. The molecule has 2 N–H and O–H groups in total. The average molecular weight is 584 g/mol. The summed E-state index contributed by atoms with van der Waals surface area (Å²) >= 11 is 4.86. The summed E-state index contributed by atoms with van der Waals surface area (Å²) in [5.41, 5.74) is 0.978. The third-order valence-electron chi connectivity index (χ3n) is 5.70. The summed E-state index contributed by atoms with van der Waals surface area (Å²) < 4.78 is 68.0. The van der Waals surface area contributed by atoms with Gasteiger partial charge in [-0.25, -0.2) is 0 Å². The van der Waals surface area contributed by atoms with E-state index in [0.29, 0.717) is 13.1 Å². The Morgan fingerprint density at radius 2 is 1.58 bits per heavy atom. The third-order valence-corrected chi connectivity index (χ3v) is 10.9. The molecule has 3 heterocycles. The van der Waals surface area contributed by atoms with Gasteiger partial charge in [0.05, 0.1) is 28.3 Å². The van der Waals surface area contributed by atoms with Crippen molar-refractivity contribution in [1.82, 2.24) is 0 Å². The summed E-state index contributed by atoms with van der Waals surface area (Å²) in [6.45, 7) is 0.840. The molecule has 0 atom stereocenters. The first kappa shape index (κ1) is 25.6. The topological polar surface area (TPSA) is 116 Å². The van der Waals surface area contributed by atoms with Crippen LogP contribution < -0.4 is 9.47 Å². The van der Waals surface area contributed by atoms with Crippen molar-refractivity contribution in [3.8, 4) is 0 Å². The highest BCUT2D eigenvalue weighted by Gasteiger charge is 2.29. The molecule has 190 valence electrons. The molecule has 0 fully saturated rings. The summed E-state index contributed by atoms with van der Waals surface area (Å²) in [6.07, 6.45) is 2.59. The maximum Gasteiger partial charge on any atom is 0.281 e. The smallest absolute Gasteiger partial charge is 0.281 e. The highest BCUT2D eigenvalue weighted by Crippen LogP contribution is 2.47. The summed E-state index contributed by atoms with van der Waals surface area (Å²) in [6, 6.07) is 16.0. The van der Waals surface area contributed by atoms with Gasteiger partial charge in [0.2, 0.25) is 0 Å². The highest BCUT2D eigenvalue weighted by molar-refractivity contribution is 8.04. The van der Waals surface area contributed by atoms with Crippen molar-refractivity contribution in [3.05, 3.63) is 58.6 Å². The molecule has 0 amide bonds. The van der Waals surface area contributed by atoms with Crippen LogP contribution >= 0.6 is 34.4 Å². The van der Waals surface area contributed by atoms with Crippen molar-refractivity contribution >= 4 is 86.1 Å². The number of nitrogens with zero attached hydrogens (tertiary/aromatic N) is 2. The number of rotatable bonds is 9. The van der Waals surface area contributed by atoms with E-state index < -0.39 is 20.2 Å². The molecule has 0 spiro atoms. The Morgan fingerprint density at radius 1 is 0.889 bits per heavy atom. The number of aromatic nitrogens is 1. The van der Waals surface area contributed by atoms with Crippen LogP contribution in [0.2, 0.25) is 0 Å². The van der Waals surface area contributed by atoms with Crippen molar-refractivity contribution in [2.45, 2.75) is 24.3 Å². The maximum atomic E-state index is 11.3. The highest BCUT2D eigenvalue weighted by atomic mass is 32.2. The molecular weight excluding hydrogens is 561 g/mol. The van der Waals surface area contributed by atoms with Crippen molar-refractivity contribution in [1.29, 1.82) is 0 Å². The van der Waals surface area contributed by atoms with Gasteiger partial charge in [0, 0.05) is 27.9 Å².